The molecule has 230 valence electrons. The van der Waals surface area contributed by atoms with Gasteiger partial charge in [-0.15, -0.1) is 0 Å². The molecule has 6 heteroatoms. The first-order valence-electron chi connectivity index (χ1n) is 16.2. The van der Waals surface area contributed by atoms with Crippen molar-refractivity contribution in [1.29, 1.82) is 0 Å². The number of benzene rings is 3. The van der Waals surface area contributed by atoms with Crippen LogP contribution in [0, 0.1) is 0 Å². The topological polar surface area (TPSA) is 71.1 Å². The summed E-state index contributed by atoms with van der Waals surface area (Å²) in [6.07, 6.45) is 9.21. The van der Waals surface area contributed by atoms with Crippen molar-refractivity contribution in [2.45, 2.75) is 117 Å². The van der Waals surface area contributed by atoms with Crippen molar-refractivity contribution in [2.75, 3.05) is 13.2 Å². The Kier molecular flexibility index (Phi) is 14.5. The van der Waals surface area contributed by atoms with Gasteiger partial charge in [0.15, 0.2) is 12.2 Å². The van der Waals surface area contributed by atoms with E-state index < -0.39 is 12.2 Å². The van der Waals surface area contributed by atoms with Crippen LogP contribution in [0.4, 0.5) is 0 Å². The lowest BCUT2D eigenvalue weighted by atomic mass is 10.00. The average molecular weight is 579 g/mol. The van der Waals surface area contributed by atoms with Crippen molar-refractivity contribution >= 4 is 33.5 Å². The summed E-state index contributed by atoms with van der Waals surface area (Å²) in [5, 5.41) is 3.33. The van der Waals surface area contributed by atoms with E-state index in [1.165, 1.54) is 0 Å². The number of hydrogen-bond donors (Lipinski definition) is 0. The zero-order chi connectivity index (χ0) is 30.2. The summed E-state index contributed by atoms with van der Waals surface area (Å²) in [6.45, 7) is 9.22. The molecule has 0 saturated heterocycles. The maximum absolute atomic E-state index is 13.2. The zero-order valence-electron chi connectivity index (χ0n) is 26.1. The molecule has 0 heterocycles. The predicted octanol–water partition coefficient (Wildman–Crippen LogP) is 9.34. The van der Waals surface area contributed by atoms with Gasteiger partial charge in [0.05, 0.1) is 13.2 Å². The second-order valence-electron chi connectivity index (χ2n) is 11.0. The minimum atomic E-state index is -0.706. The predicted molar refractivity (Wildman–Crippen MR) is 170 cm³/mol. The van der Waals surface area contributed by atoms with Gasteiger partial charge < -0.3 is 18.9 Å². The van der Waals surface area contributed by atoms with Crippen molar-refractivity contribution in [2.24, 2.45) is 0 Å². The van der Waals surface area contributed by atoms with Crippen LogP contribution in [0.2, 0.25) is 0 Å². The molecule has 3 rings (SSSR count). The summed E-state index contributed by atoms with van der Waals surface area (Å²) < 4.78 is 24.5. The van der Waals surface area contributed by atoms with Crippen molar-refractivity contribution in [3.63, 3.8) is 0 Å². The highest BCUT2D eigenvalue weighted by Crippen LogP contribution is 2.44. The fourth-order valence-corrected chi connectivity index (χ4v) is 5.02. The largest absolute Gasteiger partial charge is 0.477 e. The number of carbonyl (C=O) groups excluding carboxylic acids is 2. The van der Waals surface area contributed by atoms with E-state index in [2.05, 4.69) is 27.7 Å². The molecule has 3 aromatic rings. The van der Waals surface area contributed by atoms with Crippen LogP contribution in [0.1, 0.15) is 105 Å². The van der Waals surface area contributed by atoms with Crippen LogP contribution in [0.15, 0.2) is 48.5 Å². The lowest BCUT2D eigenvalue weighted by Crippen LogP contribution is -2.30. The van der Waals surface area contributed by atoms with Gasteiger partial charge in [-0.3, -0.25) is 0 Å². The molecule has 0 aliphatic carbocycles. The van der Waals surface area contributed by atoms with E-state index in [1.807, 2.05) is 48.5 Å². The minimum absolute atomic E-state index is 0.321. The van der Waals surface area contributed by atoms with Crippen molar-refractivity contribution in [3.05, 3.63) is 48.5 Å². The van der Waals surface area contributed by atoms with E-state index in [1.54, 1.807) is 0 Å². The van der Waals surface area contributed by atoms with E-state index in [-0.39, 0.29) is 11.9 Å². The van der Waals surface area contributed by atoms with Crippen LogP contribution < -0.4 is 9.47 Å². The average Bonchev–Trinajstić information content (AvgIpc) is 3.01. The molecule has 0 saturated carbocycles. The summed E-state index contributed by atoms with van der Waals surface area (Å²) in [7, 11) is 0. The van der Waals surface area contributed by atoms with Gasteiger partial charge >= 0.3 is 11.9 Å². The molecule has 0 radical (unpaired) electrons. The summed E-state index contributed by atoms with van der Waals surface area (Å²) in [5.74, 6) is 0.629. The Bertz CT molecular complexity index is 1100. The second kappa shape index (κ2) is 18.3. The zero-order valence-corrected chi connectivity index (χ0v) is 26.1. The van der Waals surface area contributed by atoms with E-state index in [0.717, 1.165) is 85.8 Å². The molecule has 2 unspecified atom stereocenters. The number of fused-ring (bicyclic) bond motifs is 2. The molecular weight excluding hydrogens is 528 g/mol. The monoisotopic (exact) mass is 578 g/mol. The van der Waals surface area contributed by atoms with E-state index in [4.69, 9.17) is 18.9 Å². The Morgan fingerprint density at radius 3 is 1.17 bits per heavy atom. The van der Waals surface area contributed by atoms with Gasteiger partial charge in [0.1, 0.15) is 11.5 Å². The van der Waals surface area contributed by atoms with E-state index in [9.17, 15) is 9.59 Å². The Hall–Kier alpha value is -3.28. The molecule has 0 N–H and O–H groups in total. The summed E-state index contributed by atoms with van der Waals surface area (Å²) in [6, 6.07) is 15.8. The van der Waals surface area contributed by atoms with Gasteiger partial charge in [-0.2, -0.15) is 0 Å². The van der Waals surface area contributed by atoms with E-state index in [0.29, 0.717) is 37.6 Å². The summed E-state index contributed by atoms with van der Waals surface area (Å²) >= 11 is 0. The SMILES string of the molecule is CCCCCC(Oc1c2ccccc2c(OC(CCCCC)C(=O)OCCCC)c2ccccc12)C(=O)OCCCC. The first kappa shape index (κ1) is 33.2. The third kappa shape index (κ3) is 9.37. The molecule has 2 atom stereocenters. The van der Waals surface area contributed by atoms with Crippen molar-refractivity contribution < 1.29 is 28.5 Å². The van der Waals surface area contributed by atoms with Crippen LogP contribution in [0.25, 0.3) is 21.5 Å². The molecule has 0 aliphatic rings. The maximum atomic E-state index is 13.2. The fourth-order valence-electron chi connectivity index (χ4n) is 5.02. The maximum Gasteiger partial charge on any atom is 0.347 e. The van der Waals surface area contributed by atoms with Crippen LogP contribution in [0.3, 0.4) is 0 Å². The Morgan fingerprint density at radius 1 is 0.524 bits per heavy atom. The number of unbranched alkanes of at least 4 members (excludes halogenated alkanes) is 6. The normalized spacial score (nSPS) is 12.7. The number of carbonyl (C=O) groups is 2. The minimum Gasteiger partial charge on any atom is -0.477 e. The van der Waals surface area contributed by atoms with Gasteiger partial charge in [0, 0.05) is 21.5 Å². The molecule has 0 aromatic heterocycles. The second-order valence-corrected chi connectivity index (χ2v) is 11.0. The smallest absolute Gasteiger partial charge is 0.347 e. The fraction of sp³-hybridized carbons (Fsp3) is 0.556. The molecule has 0 bridgehead atoms. The molecular formula is C36H50O6. The lowest BCUT2D eigenvalue weighted by Gasteiger charge is -2.24. The lowest BCUT2D eigenvalue weighted by molar-refractivity contribution is -0.153. The Balaban J connectivity index is 2.05. The van der Waals surface area contributed by atoms with Gasteiger partial charge in [-0.25, -0.2) is 9.59 Å². The molecule has 0 spiro atoms. The number of esters is 2. The molecule has 0 fully saturated rings. The third-order valence-electron chi connectivity index (χ3n) is 7.50. The van der Waals surface area contributed by atoms with Gasteiger partial charge in [0.25, 0.3) is 0 Å². The summed E-state index contributed by atoms with van der Waals surface area (Å²) in [5.41, 5.74) is 0. The van der Waals surface area contributed by atoms with E-state index >= 15 is 0 Å². The quantitative estimate of drug-likeness (QED) is 0.0756. The van der Waals surface area contributed by atoms with Crippen LogP contribution in [-0.2, 0) is 19.1 Å². The number of ether oxygens (including phenoxy) is 4. The van der Waals surface area contributed by atoms with Crippen LogP contribution >= 0.6 is 0 Å². The Morgan fingerprint density at radius 2 is 0.857 bits per heavy atom. The van der Waals surface area contributed by atoms with Gasteiger partial charge in [-0.05, 0) is 38.5 Å². The molecule has 42 heavy (non-hydrogen) atoms. The highest BCUT2D eigenvalue weighted by Gasteiger charge is 2.28. The highest BCUT2D eigenvalue weighted by molar-refractivity contribution is 6.11. The van der Waals surface area contributed by atoms with Crippen molar-refractivity contribution in [3.8, 4) is 11.5 Å². The highest BCUT2D eigenvalue weighted by atomic mass is 16.6. The first-order chi connectivity index (χ1) is 20.5. The van der Waals surface area contributed by atoms with Crippen LogP contribution in [0.5, 0.6) is 11.5 Å². The first-order valence-corrected chi connectivity index (χ1v) is 16.2. The molecule has 0 amide bonds. The van der Waals surface area contributed by atoms with Gasteiger partial charge in [-0.1, -0.05) is 115 Å². The molecule has 0 aliphatic heterocycles. The molecule has 6 nitrogen and oxygen atoms in total. The third-order valence-corrected chi connectivity index (χ3v) is 7.50. The summed E-state index contributed by atoms with van der Waals surface area (Å²) in [4.78, 5) is 26.4. The standard InChI is InChI=1S/C36H50O6/c1-5-9-13-23-31(35(37)39-25-11-7-3)41-33-27-19-15-17-21-29(27)34(30-22-18-16-20-28(30)33)42-32(24-14-10-6-2)36(38)40-26-12-8-4/h15-22,31-32H,5-14,23-26H2,1-4H3. The van der Waals surface area contributed by atoms with Crippen LogP contribution in [-0.4, -0.2) is 37.4 Å². The van der Waals surface area contributed by atoms with Gasteiger partial charge in [0.2, 0.25) is 0 Å². The number of hydrogen-bond acceptors (Lipinski definition) is 6. The molecule has 3 aromatic carbocycles. The Labute approximate surface area is 252 Å². The number of rotatable bonds is 20. The van der Waals surface area contributed by atoms with Crippen molar-refractivity contribution in [1.82, 2.24) is 0 Å².